The summed E-state index contributed by atoms with van der Waals surface area (Å²) in [4.78, 5) is 12.7. The number of hydrogen-bond acceptors (Lipinski definition) is 3. The van der Waals surface area contributed by atoms with Crippen LogP contribution in [0.3, 0.4) is 0 Å². The summed E-state index contributed by atoms with van der Waals surface area (Å²) < 4.78 is 0. The average Bonchev–Trinajstić information content (AvgIpc) is 2.53. The van der Waals surface area contributed by atoms with Gasteiger partial charge < -0.3 is 0 Å². The Morgan fingerprint density at radius 2 is 2.14 bits per heavy atom. The third kappa shape index (κ3) is 5.01. The SMILES string of the molecule is CC#CCN(Cc1ccccc1)C1CC=C(C[N+](=O)[O-])CC1. The van der Waals surface area contributed by atoms with E-state index in [9.17, 15) is 10.1 Å². The minimum Gasteiger partial charge on any atom is -0.285 e. The maximum Gasteiger partial charge on any atom is 0.224 e. The fourth-order valence-corrected chi connectivity index (χ4v) is 2.83. The lowest BCUT2D eigenvalue weighted by Gasteiger charge is -2.32. The Morgan fingerprint density at radius 3 is 2.73 bits per heavy atom. The van der Waals surface area contributed by atoms with Crippen LogP contribution < -0.4 is 0 Å². The van der Waals surface area contributed by atoms with Crippen LogP contribution in [0.2, 0.25) is 0 Å². The zero-order valence-electron chi connectivity index (χ0n) is 13.0. The Labute approximate surface area is 132 Å². The zero-order valence-corrected chi connectivity index (χ0v) is 13.0. The molecule has 1 unspecified atom stereocenters. The maximum absolute atomic E-state index is 10.6. The van der Waals surface area contributed by atoms with E-state index in [1.165, 1.54) is 5.56 Å². The van der Waals surface area contributed by atoms with E-state index in [-0.39, 0.29) is 11.5 Å². The monoisotopic (exact) mass is 298 g/mol. The highest BCUT2D eigenvalue weighted by Crippen LogP contribution is 2.24. The first-order chi connectivity index (χ1) is 10.7. The molecular formula is C18H22N2O2. The van der Waals surface area contributed by atoms with Crippen molar-refractivity contribution in [2.45, 2.75) is 38.8 Å². The van der Waals surface area contributed by atoms with E-state index in [1.54, 1.807) is 0 Å². The third-order valence-corrected chi connectivity index (χ3v) is 4.01. The lowest BCUT2D eigenvalue weighted by atomic mass is 9.93. The molecule has 1 aliphatic rings. The van der Waals surface area contributed by atoms with Crippen molar-refractivity contribution in [3.05, 3.63) is 57.7 Å². The maximum atomic E-state index is 10.6. The largest absolute Gasteiger partial charge is 0.285 e. The Kier molecular flexibility index (Phi) is 6.17. The molecule has 0 heterocycles. The van der Waals surface area contributed by atoms with Gasteiger partial charge in [-0.2, -0.15) is 0 Å². The number of hydrogen-bond donors (Lipinski definition) is 0. The molecule has 0 bridgehead atoms. The van der Waals surface area contributed by atoms with Crippen molar-refractivity contribution in [1.29, 1.82) is 0 Å². The van der Waals surface area contributed by atoms with Crippen molar-refractivity contribution < 1.29 is 4.92 Å². The summed E-state index contributed by atoms with van der Waals surface area (Å²) >= 11 is 0. The van der Waals surface area contributed by atoms with Gasteiger partial charge in [-0.05, 0) is 37.3 Å². The molecule has 116 valence electrons. The highest BCUT2D eigenvalue weighted by atomic mass is 16.6. The summed E-state index contributed by atoms with van der Waals surface area (Å²) in [7, 11) is 0. The molecule has 1 atom stereocenters. The van der Waals surface area contributed by atoms with Gasteiger partial charge in [0.2, 0.25) is 6.54 Å². The van der Waals surface area contributed by atoms with Gasteiger partial charge in [-0.1, -0.05) is 42.3 Å². The molecule has 1 aliphatic carbocycles. The van der Waals surface area contributed by atoms with Gasteiger partial charge in [0.25, 0.3) is 0 Å². The Hall–Kier alpha value is -2.12. The van der Waals surface area contributed by atoms with E-state index < -0.39 is 0 Å². The highest BCUT2D eigenvalue weighted by Gasteiger charge is 2.22. The molecular weight excluding hydrogens is 276 g/mol. The summed E-state index contributed by atoms with van der Waals surface area (Å²) in [6.07, 6.45) is 4.71. The molecule has 0 amide bonds. The van der Waals surface area contributed by atoms with Gasteiger partial charge in [0.15, 0.2) is 0 Å². The molecule has 22 heavy (non-hydrogen) atoms. The van der Waals surface area contributed by atoms with Crippen LogP contribution in [0.25, 0.3) is 0 Å². The molecule has 0 N–H and O–H groups in total. The van der Waals surface area contributed by atoms with Gasteiger partial charge in [0.1, 0.15) is 0 Å². The Balaban J connectivity index is 2.01. The molecule has 0 fully saturated rings. The van der Waals surface area contributed by atoms with Gasteiger partial charge in [0.05, 0.1) is 6.54 Å². The molecule has 0 spiro atoms. The van der Waals surface area contributed by atoms with Crippen LogP contribution in [-0.4, -0.2) is 29.0 Å². The first-order valence-corrected chi connectivity index (χ1v) is 7.66. The van der Waals surface area contributed by atoms with Crippen molar-refractivity contribution in [1.82, 2.24) is 4.90 Å². The molecule has 4 heteroatoms. The first-order valence-electron chi connectivity index (χ1n) is 7.66. The second kappa shape index (κ2) is 8.35. The third-order valence-electron chi connectivity index (χ3n) is 4.01. The van der Waals surface area contributed by atoms with Gasteiger partial charge in [-0.15, -0.1) is 5.92 Å². The van der Waals surface area contributed by atoms with Crippen LogP contribution in [0.15, 0.2) is 42.0 Å². The second-order valence-electron chi connectivity index (χ2n) is 5.60. The molecule has 0 saturated heterocycles. The van der Waals surface area contributed by atoms with Crippen LogP contribution in [0.5, 0.6) is 0 Å². The fraction of sp³-hybridized carbons (Fsp3) is 0.444. The van der Waals surface area contributed by atoms with Gasteiger partial charge in [-0.3, -0.25) is 15.0 Å². The number of benzene rings is 1. The van der Waals surface area contributed by atoms with Crippen molar-refractivity contribution in [3.8, 4) is 11.8 Å². The number of nitrogens with zero attached hydrogens (tertiary/aromatic N) is 2. The van der Waals surface area contributed by atoms with Gasteiger partial charge >= 0.3 is 0 Å². The lowest BCUT2D eigenvalue weighted by Crippen LogP contribution is -2.36. The molecule has 0 aromatic heterocycles. The smallest absolute Gasteiger partial charge is 0.224 e. The predicted octanol–water partition coefficient (Wildman–Crippen LogP) is 3.27. The quantitative estimate of drug-likeness (QED) is 0.350. The summed E-state index contributed by atoms with van der Waals surface area (Å²) in [5.41, 5.74) is 2.24. The van der Waals surface area contributed by atoms with Crippen LogP contribution in [0, 0.1) is 22.0 Å². The predicted molar refractivity (Wildman–Crippen MR) is 87.9 cm³/mol. The van der Waals surface area contributed by atoms with E-state index in [0.717, 1.165) is 37.9 Å². The summed E-state index contributed by atoms with van der Waals surface area (Å²) in [6, 6.07) is 10.8. The van der Waals surface area contributed by atoms with Crippen molar-refractivity contribution in [2.75, 3.05) is 13.1 Å². The van der Waals surface area contributed by atoms with Crippen LogP contribution >= 0.6 is 0 Å². The minimum absolute atomic E-state index is 0.0137. The highest BCUT2D eigenvalue weighted by molar-refractivity contribution is 5.16. The van der Waals surface area contributed by atoms with E-state index in [2.05, 4.69) is 41.0 Å². The minimum atomic E-state index is -0.240. The molecule has 0 saturated carbocycles. The molecule has 0 aliphatic heterocycles. The van der Waals surface area contributed by atoms with E-state index in [1.807, 2.05) is 19.1 Å². The van der Waals surface area contributed by atoms with E-state index in [4.69, 9.17) is 0 Å². The molecule has 1 aromatic rings. The average molecular weight is 298 g/mol. The summed E-state index contributed by atoms with van der Waals surface area (Å²) in [5.74, 6) is 6.12. The normalized spacial score (nSPS) is 17.5. The summed E-state index contributed by atoms with van der Waals surface area (Å²) in [5, 5.41) is 10.6. The molecule has 0 radical (unpaired) electrons. The summed E-state index contributed by atoms with van der Waals surface area (Å²) in [6.45, 7) is 3.46. The number of nitro groups is 1. The van der Waals surface area contributed by atoms with Crippen molar-refractivity contribution >= 4 is 0 Å². The number of rotatable bonds is 6. The zero-order chi connectivity index (χ0) is 15.8. The van der Waals surface area contributed by atoms with Gasteiger partial charge in [0, 0.05) is 17.5 Å². The topological polar surface area (TPSA) is 46.4 Å². The van der Waals surface area contributed by atoms with Crippen LogP contribution in [-0.2, 0) is 6.54 Å². The van der Waals surface area contributed by atoms with E-state index in [0.29, 0.717) is 6.04 Å². The Morgan fingerprint density at radius 1 is 1.36 bits per heavy atom. The molecule has 2 rings (SSSR count). The fourth-order valence-electron chi connectivity index (χ4n) is 2.83. The molecule has 1 aromatic carbocycles. The van der Waals surface area contributed by atoms with Crippen LogP contribution in [0.4, 0.5) is 0 Å². The first kappa shape index (κ1) is 16.3. The van der Waals surface area contributed by atoms with E-state index >= 15 is 0 Å². The second-order valence-corrected chi connectivity index (χ2v) is 5.60. The lowest BCUT2D eigenvalue weighted by molar-refractivity contribution is -0.471. The Bertz CT molecular complexity index is 584. The van der Waals surface area contributed by atoms with Crippen LogP contribution in [0.1, 0.15) is 31.7 Å². The van der Waals surface area contributed by atoms with Crippen molar-refractivity contribution in [3.63, 3.8) is 0 Å². The van der Waals surface area contributed by atoms with Gasteiger partial charge in [-0.25, -0.2) is 0 Å². The van der Waals surface area contributed by atoms with Crippen molar-refractivity contribution in [2.24, 2.45) is 0 Å². The molecule has 4 nitrogen and oxygen atoms in total. The standard InChI is InChI=1S/C18H22N2O2/c1-2-3-13-19(14-16-7-5-4-6-8-16)18-11-9-17(10-12-18)15-20(21)22/h4-9,18H,10-15H2,1H3.